The molecule has 0 N–H and O–H groups in total. The molecule has 3 heterocycles. The minimum Gasteiger partial charge on any atom is -0.267 e. The van der Waals surface area contributed by atoms with Crippen molar-refractivity contribution in [3.8, 4) is 5.69 Å². The first-order valence-corrected chi connectivity index (χ1v) is 9.67. The summed E-state index contributed by atoms with van der Waals surface area (Å²) in [7, 11) is 0. The molecule has 0 atom stereocenters. The Morgan fingerprint density at radius 2 is 2.04 bits per heavy atom. The number of nitrogens with zero attached hydrogens (tertiary/aromatic N) is 7. The van der Waals surface area contributed by atoms with E-state index in [1.54, 1.807) is 4.68 Å². The van der Waals surface area contributed by atoms with E-state index in [1.807, 2.05) is 32.9 Å². The number of hydrogen-bond acceptors (Lipinski definition) is 8. The zero-order chi connectivity index (χ0) is 18.3. The second kappa shape index (κ2) is 6.61. The van der Waals surface area contributed by atoms with Gasteiger partial charge >= 0.3 is 0 Å². The van der Waals surface area contributed by atoms with Crippen LogP contribution in [-0.2, 0) is 5.75 Å². The van der Waals surface area contributed by atoms with Gasteiger partial charge in [-0.2, -0.15) is 14.3 Å². The number of hydrogen-bond donors (Lipinski definition) is 0. The highest BCUT2D eigenvalue weighted by Crippen LogP contribution is 2.24. The Labute approximate surface area is 156 Å². The van der Waals surface area contributed by atoms with Gasteiger partial charge in [0.15, 0.2) is 0 Å². The van der Waals surface area contributed by atoms with Crippen LogP contribution in [0.5, 0.6) is 0 Å². The van der Waals surface area contributed by atoms with Crippen LogP contribution in [0.3, 0.4) is 0 Å². The first-order valence-electron chi connectivity index (χ1n) is 7.86. The van der Waals surface area contributed by atoms with Crippen molar-refractivity contribution < 1.29 is 0 Å². The summed E-state index contributed by atoms with van der Waals surface area (Å²) in [4.78, 5) is 17.3. The van der Waals surface area contributed by atoms with Crippen molar-refractivity contribution in [1.29, 1.82) is 0 Å². The number of aryl methyl sites for hydroxylation is 3. The molecule has 8 nitrogen and oxygen atoms in total. The van der Waals surface area contributed by atoms with Gasteiger partial charge in [-0.1, -0.05) is 40.8 Å². The average Bonchev–Trinajstić information content (AvgIpc) is 3.19. The first-order chi connectivity index (χ1) is 12.5. The molecule has 132 valence electrons. The van der Waals surface area contributed by atoms with Gasteiger partial charge in [-0.25, -0.2) is 4.98 Å². The molecule has 3 aromatic heterocycles. The molecule has 0 fully saturated rings. The highest BCUT2D eigenvalue weighted by Gasteiger charge is 2.13. The van der Waals surface area contributed by atoms with Crippen LogP contribution < -0.4 is 5.56 Å². The predicted molar refractivity (Wildman–Crippen MR) is 100 cm³/mol. The SMILES string of the molecule is Cc1ccc(-n2nnnc2SCc2cc(=O)n3nc(C)sc3n2)c(C)c1. The van der Waals surface area contributed by atoms with E-state index in [9.17, 15) is 4.79 Å². The molecule has 0 amide bonds. The zero-order valence-corrected chi connectivity index (χ0v) is 16.0. The van der Waals surface area contributed by atoms with Gasteiger partial charge in [-0.05, 0) is 42.8 Å². The van der Waals surface area contributed by atoms with Crippen molar-refractivity contribution in [2.24, 2.45) is 0 Å². The number of benzene rings is 1. The van der Waals surface area contributed by atoms with E-state index >= 15 is 0 Å². The summed E-state index contributed by atoms with van der Waals surface area (Å²) in [6.45, 7) is 5.93. The Bertz CT molecular complexity index is 1160. The normalized spacial score (nSPS) is 11.3. The molecule has 0 radical (unpaired) electrons. The molecular formula is C16H15N7OS2. The molecular weight excluding hydrogens is 370 g/mol. The van der Waals surface area contributed by atoms with Gasteiger partial charge in [0.2, 0.25) is 10.1 Å². The summed E-state index contributed by atoms with van der Waals surface area (Å²) in [5.74, 6) is 0.494. The van der Waals surface area contributed by atoms with E-state index in [0.29, 0.717) is 21.6 Å². The van der Waals surface area contributed by atoms with E-state index in [1.165, 1.54) is 39.2 Å². The fourth-order valence-electron chi connectivity index (χ4n) is 2.63. The molecule has 0 saturated carbocycles. The van der Waals surface area contributed by atoms with Gasteiger partial charge in [0, 0.05) is 11.8 Å². The third kappa shape index (κ3) is 3.13. The van der Waals surface area contributed by atoms with Crippen LogP contribution >= 0.6 is 23.1 Å². The quantitative estimate of drug-likeness (QED) is 0.498. The van der Waals surface area contributed by atoms with Gasteiger partial charge in [-0.3, -0.25) is 4.79 Å². The van der Waals surface area contributed by atoms with Crippen molar-refractivity contribution in [3.63, 3.8) is 0 Å². The zero-order valence-electron chi connectivity index (χ0n) is 14.4. The summed E-state index contributed by atoms with van der Waals surface area (Å²) >= 11 is 2.83. The minimum atomic E-state index is -0.177. The highest BCUT2D eigenvalue weighted by molar-refractivity contribution is 7.98. The maximum Gasteiger partial charge on any atom is 0.275 e. The predicted octanol–water partition coefficient (Wildman–Crippen LogP) is 2.34. The molecule has 1 aromatic carbocycles. The number of tetrazole rings is 1. The van der Waals surface area contributed by atoms with Crippen LogP contribution in [0.4, 0.5) is 0 Å². The molecule has 0 bridgehead atoms. The lowest BCUT2D eigenvalue weighted by atomic mass is 10.1. The van der Waals surface area contributed by atoms with Crippen molar-refractivity contribution >= 4 is 28.1 Å². The summed E-state index contributed by atoms with van der Waals surface area (Å²) < 4.78 is 3.04. The molecule has 0 unspecified atom stereocenters. The standard InChI is InChI=1S/C16H15N7OS2/c1-9-4-5-13(10(2)6-9)22-16(18-20-21-22)25-8-12-7-14(24)23-15(17-12)26-11(3)19-23/h4-7H,8H2,1-3H3. The highest BCUT2D eigenvalue weighted by atomic mass is 32.2. The number of aromatic nitrogens is 7. The van der Waals surface area contributed by atoms with Crippen LogP contribution in [0.2, 0.25) is 0 Å². The molecule has 0 aliphatic heterocycles. The molecule has 0 spiro atoms. The first kappa shape index (κ1) is 16.9. The van der Waals surface area contributed by atoms with Crippen LogP contribution in [0, 0.1) is 20.8 Å². The van der Waals surface area contributed by atoms with Gasteiger partial charge in [0.25, 0.3) is 5.56 Å². The maximum atomic E-state index is 12.2. The van der Waals surface area contributed by atoms with Crippen molar-refractivity contribution in [2.75, 3.05) is 0 Å². The van der Waals surface area contributed by atoms with E-state index in [-0.39, 0.29) is 5.56 Å². The van der Waals surface area contributed by atoms with Crippen LogP contribution in [-0.4, -0.2) is 34.8 Å². The van der Waals surface area contributed by atoms with Crippen molar-refractivity contribution in [2.45, 2.75) is 31.7 Å². The Hall–Kier alpha value is -2.59. The lowest BCUT2D eigenvalue weighted by Crippen LogP contribution is -2.15. The summed E-state index contributed by atoms with van der Waals surface area (Å²) in [5, 5.41) is 17.6. The third-order valence-electron chi connectivity index (χ3n) is 3.77. The second-order valence-corrected chi connectivity index (χ2v) is 7.96. The largest absolute Gasteiger partial charge is 0.275 e. The Morgan fingerprint density at radius 1 is 1.19 bits per heavy atom. The van der Waals surface area contributed by atoms with Crippen LogP contribution in [0.25, 0.3) is 10.6 Å². The number of fused-ring (bicyclic) bond motifs is 1. The molecule has 4 aromatic rings. The van der Waals surface area contributed by atoms with Crippen LogP contribution in [0.15, 0.2) is 34.2 Å². The monoisotopic (exact) mass is 385 g/mol. The van der Waals surface area contributed by atoms with E-state index in [0.717, 1.165) is 16.3 Å². The minimum absolute atomic E-state index is 0.177. The van der Waals surface area contributed by atoms with E-state index in [4.69, 9.17) is 0 Å². The summed E-state index contributed by atoms with van der Waals surface area (Å²) in [6.07, 6.45) is 0. The summed E-state index contributed by atoms with van der Waals surface area (Å²) in [5.41, 5.74) is 3.72. The second-order valence-electron chi connectivity index (χ2n) is 5.85. The third-order valence-corrected chi connectivity index (χ3v) is 5.55. The summed E-state index contributed by atoms with van der Waals surface area (Å²) in [6, 6.07) is 7.63. The van der Waals surface area contributed by atoms with Crippen molar-refractivity contribution in [1.82, 2.24) is 34.8 Å². The molecule has 0 saturated heterocycles. The van der Waals surface area contributed by atoms with Gasteiger partial charge in [-0.15, -0.1) is 5.10 Å². The van der Waals surface area contributed by atoms with Gasteiger partial charge in [0.05, 0.1) is 11.4 Å². The Kier molecular flexibility index (Phi) is 4.29. The molecule has 10 heteroatoms. The molecule has 0 aliphatic carbocycles. The van der Waals surface area contributed by atoms with Crippen molar-refractivity contribution in [3.05, 3.63) is 56.4 Å². The molecule has 0 aliphatic rings. The lowest BCUT2D eigenvalue weighted by molar-refractivity contribution is 0.751. The van der Waals surface area contributed by atoms with E-state index in [2.05, 4.69) is 31.7 Å². The molecule has 4 rings (SSSR count). The van der Waals surface area contributed by atoms with E-state index < -0.39 is 0 Å². The smallest absolute Gasteiger partial charge is 0.267 e. The van der Waals surface area contributed by atoms with Crippen LogP contribution in [0.1, 0.15) is 21.8 Å². The topological polar surface area (TPSA) is 90.9 Å². The fourth-order valence-corrected chi connectivity index (χ4v) is 4.17. The number of rotatable bonds is 4. The Morgan fingerprint density at radius 3 is 2.85 bits per heavy atom. The fraction of sp³-hybridized carbons (Fsp3) is 0.250. The lowest BCUT2D eigenvalue weighted by Gasteiger charge is -2.08. The maximum absolute atomic E-state index is 12.2. The Balaban J connectivity index is 1.61. The number of thioether (sulfide) groups is 1. The molecule has 26 heavy (non-hydrogen) atoms. The van der Waals surface area contributed by atoms with Gasteiger partial charge < -0.3 is 0 Å². The average molecular weight is 385 g/mol. The van der Waals surface area contributed by atoms with Gasteiger partial charge in [0.1, 0.15) is 5.01 Å².